The molecule has 0 radical (unpaired) electrons. The largest absolute Gasteiger partial charge is 0.404 e. The molecular weight excluding hydrogens is 471 g/mol. The van der Waals surface area contributed by atoms with Crippen LogP contribution in [0.15, 0.2) is 97.1 Å². The fourth-order valence-corrected chi connectivity index (χ4v) is 9.06. The molecule has 0 aliphatic carbocycles. The highest BCUT2D eigenvalue weighted by atomic mass is 31.2. The maximum Gasteiger partial charge on any atom is 0.404 e. The van der Waals surface area contributed by atoms with Gasteiger partial charge in [0, 0.05) is 28.2 Å². The lowest BCUT2D eigenvalue weighted by Crippen LogP contribution is -2.49. The molecule has 0 unspecified atom stereocenters. The summed E-state index contributed by atoms with van der Waals surface area (Å²) in [5, 5.41) is 0. The van der Waals surface area contributed by atoms with Crippen molar-refractivity contribution in [2.75, 3.05) is 46.9 Å². The van der Waals surface area contributed by atoms with E-state index in [1.54, 1.807) is 0 Å². The first kappa shape index (κ1) is 26.6. The molecule has 0 saturated carbocycles. The number of anilines is 4. The summed E-state index contributed by atoms with van der Waals surface area (Å²) in [5.74, 6) is 0. The Hall–Kier alpha value is -3.49. The number of hydrogen-bond acceptors (Lipinski definition) is 4. The van der Waals surface area contributed by atoms with E-state index in [1.807, 2.05) is 0 Å². The van der Waals surface area contributed by atoms with Crippen LogP contribution < -0.4 is 18.7 Å². The Kier molecular flexibility index (Phi) is 7.80. The summed E-state index contributed by atoms with van der Waals surface area (Å²) in [6, 6.07) is 35.5. The van der Waals surface area contributed by atoms with Gasteiger partial charge in [-0.2, -0.15) is 18.7 Å². The number of nitrogens with zero attached hydrogens (tertiary/aromatic N) is 4. The zero-order valence-corrected chi connectivity index (χ0v) is 24.4. The molecule has 37 heavy (non-hydrogen) atoms. The minimum atomic E-state index is -2.48. The zero-order valence-electron chi connectivity index (χ0n) is 23.5. The maximum absolute atomic E-state index is 2.48. The van der Waals surface area contributed by atoms with Gasteiger partial charge < -0.3 is 0 Å². The van der Waals surface area contributed by atoms with Crippen LogP contribution in [0.5, 0.6) is 0 Å². The summed E-state index contributed by atoms with van der Waals surface area (Å²) in [5.41, 5.74) is 9.73. The summed E-state index contributed by atoms with van der Waals surface area (Å²) < 4.78 is 9.91. The first-order chi connectivity index (χ1) is 17.6. The van der Waals surface area contributed by atoms with Crippen molar-refractivity contribution in [1.29, 1.82) is 0 Å². The van der Waals surface area contributed by atoms with Crippen LogP contribution in [-0.2, 0) is 0 Å². The van der Waals surface area contributed by atoms with Crippen LogP contribution in [0.25, 0.3) is 0 Å². The number of benzene rings is 4. The summed E-state index contributed by atoms with van der Waals surface area (Å²) in [6.45, 7) is 8.56. The standard InChI is InChI=1S/C32H40N4P/c1-25-9-17-29(18-10-25)33(5)37(34(6)30-19-11-26(2)12-20-30,35(7)31-21-13-27(3)14-22-31)36(8)32-23-15-28(4)16-24-32/h9-24H,1-8H3/q+1. The highest BCUT2D eigenvalue weighted by Gasteiger charge is 2.58. The van der Waals surface area contributed by atoms with E-state index in [1.165, 1.54) is 45.0 Å². The minimum absolute atomic E-state index is 1.18. The molecule has 0 N–H and O–H groups in total. The predicted octanol–water partition coefficient (Wildman–Crippen LogP) is 8.44. The molecule has 0 fully saturated rings. The lowest BCUT2D eigenvalue weighted by Gasteiger charge is -2.49. The average Bonchev–Trinajstić information content (AvgIpc) is 2.90. The molecule has 0 saturated heterocycles. The van der Waals surface area contributed by atoms with Crippen molar-refractivity contribution < 1.29 is 0 Å². The normalized spacial score (nSPS) is 11.2. The van der Waals surface area contributed by atoms with Gasteiger partial charge in [0.2, 0.25) is 0 Å². The molecule has 5 heteroatoms. The monoisotopic (exact) mass is 511 g/mol. The molecule has 0 atom stereocenters. The lowest BCUT2D eigenvalue weighted by molar-refractivity contribution is 1.09. The topological polar surface area (TPSA) is 13.0 Å². The molecule has 192 valence electrons. The number of aryl methyl sites for hydroxylation is 4. The fraction of sp³-hybridized carbons (Fsp3) is 0.250. The molecule has 4 rings (SSSR count). The van der Waals surface area contributed by atoms with Gasteiger partial charge in [-0.25, -0.2) is 0 Å². The van der Waals surface area contributed by atoms with E-state index in [2.05, 4.69) is 172 Å². The SMILES string of the molecule is Cc1ccc(N(C)[P+](N(C)c2ccc(C)cc2)(N(C)c2ccc(C)cc2)N(C)c2ccc(C)cc2)cc1. The summed E-state index contributed by atoms with van der Waals surface area (Å²) in [4.78, 5) is 0. The summed E-state index contributed by atoms with van der Waals surface area (Å²) in [7, 11) is 6.46. The van der Waals surface area contributed by atoms with E-state index >= 15 is 0 Å². The van der Waals surface area contributed by atoms with Gasteiger partial charge in [-0.05, 0) is 76.2 Å². The molecule has 0 bridgehead atoms. The summed E-state index contributed by atoms with van der Waals surface area (Å²) in [6.07, 6.45) is 0. The first-order valence-corrected chi connectivity index (χ1v) is 14.4. The molecule has 0 aliphatic heterocycles. The second-order valence-electron chi connectivity index (χ2n) is 9.97. The minimum Gasteiger partial charge on any atom is -0.193 e. The van der Waals surface area contributed by atoms with Crippen molar-refractivity contribution in [2.24, 2.45) is 0 Å². The Labute approximate surface area is 224 Å². The lowest BCUT2D eigenvalue weighted by atomic mass is 10.2. The van der Waals surface area contributed by atoms with Crippen LogP contribution in [0, 0.1) is 27.7 Å². The van der Waals surface area contributed by atoms with Crippen molar-refractivity contribution >= 4 is 30.6 Å². The number of rotatable bonds is 8. The third-order valence-electron chi connectivity index (χ3n) is 7.24. The van der Waals surface area contributed by atoms with Crippen LogP contribution in [0.3, 0.4) is 0 Å². The molecule has 0 heterocycles. The van der Waals surface area contributed by atoms with Crippen LogP contribution in [0.4, 0.5) is 22.7 Å². The second-order valence-corrected chi connectivity index (χ2v) is 13.4. The van der Waals surface area contributed by atoms with Gasteiger partial charge in [0.1, 0.15) is 0 Å². The highest BCUT2D eigenvalue weighted by molar-refractivity contribution is 7.81. The predicted molar refractivity (Wildman–Crippen MR) is 165 cm³/mol. The van der Waals surface area contributed by atoms with Crippen molar-refractivity contribution in [2.45, 2.75) is 27.7 Å². The molecule has 4 aromatic rings. The van der Waals surface area contributed by atoms with E-state index in [-0.39, 0.29) is 0 Å². The van der Waals surface area contributed by atoms with Crippen LogP contribution in [-0.4, -0.2) is 28.2 Å². The van der Waals surface area contributed by atoms with Gasteiger partial charge in [-0.1, -0.05) is 70.8 Å². The van der Waals surface area contributed by atoms with Gasteiger partial charge in [-0.15, -0.1) is 0 Å². The van der Waals surface area contributed by atoms with E-state index in [4.69, 9.17) is 0 Å². The molecule has 0 amide bonds. The van der Waals surface area contributed by atoms with Gasteiger partial charge in [0.25, 0.3) is 0 Å². The Morgan fingerprint density at radius 2 is 0.486 bits per heavy atom. The number of hydrogen-bond donors (Lipinski definition) is 0. The van der Waals surface area contributed by atoms with Crippen LogP contribution >= 0.6 is 7.87 Å². The smallest absolute Gasteiger partial charge is 0.193 e. The van der Waals surface area contributed by atoms with Gasteiger partial charge in [-0.3, -0.25) is 0 Å². The Morgan fingerprint density at radius 1 is 0.324 bits per heavy atom. The fourth-order valence-electron chi connectivity index (χ4n) is 4.87. The van der Waals surface area contributed by atoms with Crippen molar-refractivity contribution in [1.82, 2.24) is 0 Å². The molecule has 0 spiro atoms. The van der Waals surface area contributed by atoms with Crippen molar-refractivity contribution in [3.8, 4) is 0 Å². The highest BCUT2D eigenvalue weighted by Crippen LogP contribution is 2.71. The summed E-state index contributed by atoms with van der Waals surface area (Å²) >= 11 is 0. The van der Waals surface area contributed by atoms with Gasteiger partial charge in [0.15, 0.2) is 0 Å². The van der Waals surface area contributed by atoms with Crippen LogP contribution in [0.1, 0.15) is 22.3 Å². The average molecular weight is 512 g/mol. The molecular formula is C32H40N4P+. The third kappa shape index (κ3) is 5.17. The van der Waals surface area contributed by atoms with Crippen LogP contribution in [0.2, 0.25) is 0 Å². The Balaban J connectivity index is 2.00. The Morgan fingerprint density at radius 3 is 0.649 bits per heavy atom. The van der Waals surface area contributed by atoms with E-state index in [9.17, 15) is 0 Å². The quantitative estimate of drug-likeness (QED) is 0.220. The third-order valence-corrected chi connectivity index (χ3v) is 11.4. The molecule has 4 aromatic carbocycles. The van der Waals surface area contributed by atoms with Crippen molar-refractivity contribution in [3.05, 3.63) is 119 Å². The zero-order chi connectivity index (χ0) is 26.7. The van der Waals surface area contributed by atoms with E-state index in [0.717, 1.165) is 0 Å². The van der Waals surface area contributed by atoms with E-state index < -0.39 is 7.87 Å². The van der Waals surface area contributed by atoms with Gasteiger partial charge in [0.05, 0.1) is 22.7 Å². The molecule has 4 nitrogen and oxygen atoms in total. The Bertz CT molecular complexity index is 1090. The second kappa shape index (κ2) is 10.9. The molecule has 0 aliphatic rings. The maximum atomic E-state index is 2.48. The van der Waals surface area contributed by atoms with Crippen molar-refractivity contribution in [3.63, 3.8) is 0 Å². The van der Waals surface area contributed by atoms with E-state index in [0.29, 0.717) is 0 Å². The van der Waals surface area contributed by atoms with Gasteiger partial charge >= 0.3 is 7.87 Å². The first-order valence-electron chi connectivity index (χ1n) is 12.8. The molecule has 0 aromatic heterocycles.